The molecule has 1 heteroatoms. The van der Waals surface area contributed by atoms with E-state index in [2.05, 4.69) is 102 Å². The Morgan fingerprint density at radius 1 is 1.07 bits per heavy atom. The van der Waals surface area contributed by atoms with Crippen LogP contribution in [0.25, 0.3) is 5.57 Å². The van der Waals surface area contributed by atoms with Gasteiger partial charge in [0.15, 0.2) is 0 Å². The summed E-state index contributed by atoms with van der Waals surface area (Å²) in [5.41, 5.74) is 10.1. The van der Waals surface area contributed by atoms with Crippen molar-refractivity contribution in [1.29, 1.82) is 0 Å². The van der Waals surface area contributed by atoms with Crippen LogP contribution in [-0.4, -0.2) is 4.43 Å². The lowest BCUT2D eigenvalue weighted by Gasteiger charge is -2.42. The molecule has 166 valence electrons. The van der Waals surface area contributed by atoms with Crippen LogP contribution in [-0.2, 0) is 6.42 Å². The van der Waals surface area contributed by atoms with Crippen LogP contribution in [0.2, 0.25) is 0 Å². The van der Waals surface area contributed by atoms with E-state index < -0.39 is 0 Å². The predicted molar refractivity (Wildman–Crippen MR) is 144 cm³/mol. The summed E-state index contributed by atoms with van der Waals surface area (Å²) in [6.07, 6.45) is 8.41. The fourth-order valence-corrected chi connectivity index (χ4v) is 6.91. The first-order valence-corrected chi connectivity index (χ1v) is 13.4. The van der Waals surface area contributed by atoms with Gasteiger partial charge in [0.05, 0.1) is 0 Å². The molecule has 1 aromatic carbocycles. The minimum absolute atomic E-state index is 0.476. The van der Waals surface area contributed by atoms with Gasteiger partial charge in [0.25, 0.3) is 0 Å². The quantitative estimate of drug-likeness (QED) is 0.226. The summed E-state index contributed by atoms with van der Waals surface area (Å²) in [6, 6.07) is 4.86. The lowest BCUT2D eigenvalue weighted by Crippen LogP contribution is -2.34. The molecule has 4 atom stereocenters. The number of alkyl halides is 1. The lowest BCUT2D eigenvalue weighted by molar-refractivity contribution is 0.240. The maximum absolute atomic E-state index is 4.82. The normalized spacial score (nSPS) is 21.3. The summed E-state index contributed by atoms with van der Waals surface area (Å²) < 4.78 is 1.18. The van der Waals surface area contributed by atoms with E-state index in [0.717, 1.165) is 6.42 Å². The molecule has 4 unspecified atom stereocenters. The first-order chi connectivity index (χ1) is 14.2. The number of hydrogen-bond acceptors (Lipinski definition) is 0. The van der Waals surface area contributed by atoms with Gasteiger partial charge >= 0.3 is 0 Å². The van der Waals surface area contributed by atoms with Crippen molar-refractivity contribution in [2.75, 3.05) is 4.43 Å². The Kier molecular flexibility index (Phi) is 9.46. The average Bonchev–Trinajstić information content (AvgIpc) is 2.70. The van der Waals surface area contributed by atoms with E-state index in [1.807, 2.05) is 0 Å². The molecule has 1 aromatic rings. The monoisotopic (exact) mass is 518 g/mol. The molecule has 2 rings (SSSR count). The van der Waals surface area contributed by atoms with Crippen LogP contribution in [0.4, 0.5) is 0 Å². The molecule has 0 radical (unpaired) electrons. The third kappa shape index (κ3) is 5.31. The van der Waals surface area contributed by atoms with Gasteiger partial charge in [-0.2, -0.15) is 0 Å². The minimum atomic E-state index is 0.476. The number of allylic oxidation sites excluding steroid dienone is 5. The summed E-state index contributed by atoms with van der Waals surface area (Å²) in [7, 11) is 0. The molecule has 0 aliphatic heterocycles. The number of hydrogen-bond donors (Lipinski definition) is 0. The van der Waals surface area contributed by atoms with E-state index in [1.165, 1.54) is 50.7 Å². The second kappa shape index (κ2) is 11.2. The highest BCUT2D eigenvalue weighted by Crippen LogP contribution is 2.47. The van der Waals surface area contributed by atoms with Crippen LogP contribution < -0.4 is 0 Å². The van der Waals surface area contributed by atoms with E-state index >= 15 is 0 Å². The molecule has 0 amide bonds. The van der Waals surface area contributed by atoms with Crippen LogP contribution in [0.3, 0.4) is 0 Å². The van der Waals surface area contributed by atoms with Crippen LogP contribution in [0.15, 0.2) is 42.0 Å². The van der Waals surface area contributed by atoms with Gasteiger partial charge in [-0.1, -0.05) is 98.7 Å². The van der Waals surface area contributed by atoms with E-state index in [-0.39, 0.29) is 0 Å². The highest BCUT2D eigenvalue weighted by Gasteiger charge is 2.38. The Bertz CT molecular complexity index is 808. The number of halogens is 1. The SMILES string of the molecule is C=C(c1cc(C)c(C)cc1CCC)C(C1C=CC(C)=C(C)C1CC)C(CI)C(C)C. The van der Waals surface area contributed by atoms with Gasteiger partial charge in [0.1, 0.15) is 0 Å². The van der Waals surface area contributed by atoms with Crippen molar-refractivity contribution in [2.45, 2.75) is 74.7 Å². The molecule has 0 spiro atoms. The maximum Gasteiger partial charge on any atom is 0.00322 e. The van der Waals surface area contributed by atoms with Gasteiger partial charge < -0.3 is 0 Å². The van der Waals surface area contributed by atoms with Gasteiger partial charge in [0.2, 0.25) is 0 Å². The number of rotatable bonds is 9. The van der Waals surface area contributed by atoms with Crippen molar-refractivity contribution >= 4 is 28.2 Å². The number of aryl methyl sites for hydroxylation is 3. The standard InChI is InChI=1S/C29H43I/c1-10-12-24-15-20(6)21(7)16-27(24)23(9)29(28(17-30)18(3)4)26-14-13-19(5)22(8)25(26)11-2/h13-16,18,25-26,28-29H,9-12,17H2,1-8H3. The molecule has 1 aliphatic carbocycles. The molecule has 0 N–H and O–H groups in total. The van der Waals surface area contributed by atoms with Crippen molar-refractivity contribution in [3.05, 3.63) is 64.3 Å². The minimum Gasteiger partial charge on any atom is -0.0949 e. The van der Waals surface area contributed by atoms with E-state index in [1.54, 1.807) is 5.57 Å². The third-order valence-electron chi connectivity index (χ3n) is 7.55. The molecule has 0 heterocycles. The molecule has 0 aromatic heterocycles. The topological polar surface area (TPSA) is 0 Å². The van der Waals surface area contributed by atoms with Gasteiger partial charge in [-0.25, -0.2) is 0 Å². The Labute approximate surface area is 200 Å². The predicted octanol–water partition coefficient (Wildman–Crippen LogP) is 9.14. The van der Waals surface area contributed by atoms with Gasteiger partial charge in [-0.15, -0.1) is 0 Å². The zero-order valence-corrected chi connectivity index (χ0v) is 22.8. The average molecular weight is 519 g/mol. The first kappa shape index (κ1) is 25.4. The Morgan fingerprint density at radius 2 is 1.70 bits per heavy atom. The molecule has 0 nitrogen and oxygen atoms in total. The molecular weight excluding hydrogens is 475 g/mol. The summed E-state index contributed by atoms with van der Waals surface area (Å²) in [5.74, 6) is 2.89. The van der Waals surface area contributed by atoms with Crippen molar-refractivity contribution in [3.63, 3.8) is 0 Å². The smallest absolute Gasteiger partial charge is 0.00322 e. The van der Waals surface area contributed by atoms with E-state index in [0.29, 0.717) is 29.6 Å². The largest absolute Gasteiger partial charge is 0.0949 e. The van der Waals surface area contributed by atoms with Gasteiger partial charge in [-0.05, 0) is 98.0 Å². The van der Waals surface area contributed by atoms with Crippen LogP contribution >= 0.6 is 22.6 Å². The summed E-state index contributed by atoms with van der Waals surface area (Å²) in [5, 5.41) is 0. The Hall–Kier alpha value is -0.830. The summed E-state index contributed by atoms with van der Waals surface area (Å²) in [4.78, 5) is 0. The zero-order valence-electron chi connectivity index (χ0n) is 20.6. The molecule has 0 saturated carbocycles. The zero-order chi connectivity index (χ0) is 22.6. The van der Waals surface area contributed by atoms with Crippen molar-refractivity contribution < 1.29 is 0 Å². The van der Waals surface area contributed by atoms with E-state index in [4.69, 9.17) is 6.58 Å². The third-order valence-corrected chi connectivity index (χ3v) is 8.57. The summed E-state index contributed by atoms with van der Waals surface area (Å²) in [6.45, 7) is 23.4. The lowest BCUT2D eigenvalue weighted by atomic mass is 9.63. The van der Waals surface area contributed by atoms with Crippen molar-refractivity contribution in [2.24, 2.45) is 29.6 Å². The van der Waals surface area contributed by atoms with Crippen LogP contribution in [0.5, 0.6) is 0 Å². The fourth-order valence-electron chi connectivity index (χ4n) is 5.35. The highest BCUT2D eigenvalue weighted by atomic mass is 127. The molecule has 0 bridgehead atoms. The summed E-state index contributed by atoms with van der Waals surface area (Å²) >= 11 is 2.62. The van der Waals surface area contributed by atoms with Crippen LogP contribution in [0.1, 0.15) is 76.6 Å². The second-order valence-corrected chi connectivity index (χ2v) is 10.7. The fraction of sp³-hybridized carbons (Fsp3) is 0.586. The van der Waals surface area contributed by atoms with Crippen molar-refractivity contribution in [1.82, 2.24) is 0 Å². The second-order valence-electron chi connectivity index (χ2n) is 9.77. The molecule has 0 fully saturated rings. The molecule has 1 aliphatic rings. The Balaban J connectivity index is 2.63. The highest BCUT2D eigenvalue weighted by molar-refractivity contribution is 14.1. The first-order valence-electron chi connectivity index (χ1n) is 11.9. The van der Waals surface area contributed by atoms with Gasteiger partial charge in [-0.3, -0.25) is 0 Å². The molecule has 0 saturated heterocycles. The van der Waals surface area contributed by atoms with Crippen molar-refractivity contribution in [3.8, 4) is 0 Å². The van der Waals surface area contributed by atoms with Gasteiger partial charge in [0, 0.05) is 4.43 Å². The maximum atomic E-state index is 4.82. The number of benzene rings is 1. The van der Waals surface area contributed by atoms with Crippen LogP contribution in [0, 0.1) is 43.4 Å². The Morgan fingerprint density at radius 3 is 2.23 bits per heavy atom. The molecular formula is C29H43I. The van der Waals surface area contributed by atoms with E-state index in [9.17, 15) is 0 Å². The molecule has 30 heavy (non-hydrogen) atoms.